The molecule has 0 fully saturated rings. The normalized spacial score (nSPS) is 11.5. The van der Waals surface area contributed by atoms with Gasteiger partial charge in [-0.15, -0.1) is 12.4 Å². The molecule has 14 heteroatoms. The van der Waals surface area contributed by atoms with Crippen LogP contribution in [0.3, 0.4) is 0 Å². The molecule has 0 radical (unpaired) electrons. The molecule has 2 atom stereocenters. The zero-order valence-corrected chi connectivity index (χ0v) is 35.3. The van der Waals surface area contributed by atoms with E-state index >= 15 is 0 Å². The van der Waals surface area contributed by atoms with Crippen LogP contribution in [0.2, 0.25) is 10.0 Å². The van der Waals surface area contributed by atoms with E-state index in [0.29, 0.717) is 43.3 Å². The standard InChI is InChI=1S/C23H18ClN3O2.C17H15ClN2O.C6H4ClNO.ClH/c1-15(26-22(28)17-8-6-12-25-14-17)20-13-16-7-5-11-19(24)21(16)23(29)27(20)18-9-3-2-4-10-18;1-11(19)15-10-12-6-5-9-14(18)16(12)17(21)20(15)13-7-3-2-4-8-13;7-6(9)5-2-1-3-8-4-5;/h2-15H,1H3,(H,26,28);2-11H,19H2,1H3;1-4H;1H/t15-;11-;;/m00../s1. The summed E-state index contributed by atoms with van der Waals surface area (Å²) < 4.78 is 3.24. The van der Waals surface area contributed by atoms with Gasteiger partial charge in [0.2, 0.25) is 0 Å². The van der Waals surface area contributed by atoms with E-state index in [0.717, 1.165) is 22.2 Å². The Morgan fingerprint density at radius 1 is 0.617 bits per heavy atom. The maximum absolute atomic E-state index is 13.4. The first kappa shape index (κ1) is 45.0. The smallest absolute Gasteiger partial charge is 0.264 e. The Hall–Kier alpha value is -6.14. The van der Waals surface area contributed by atoms with Crippen molar-refractivity contribution in [3.8, 4) is 11.4 Å². The average Bonchev–Trinajstić information content (AvgIpc) is 3.25. The lowest BCUT2D eigenvalue weighted by molar-refractivity contribution is 0.0938. The number of hydrogen-bond donors (Lipinski definition) is 2. The highest BCUT2D eigenvalue weighted by Gasteiger charge is 2.20. The number of aromatic nitrogens is 4. The maximum Gasteiger partial charge on any atom is 0.264 e. The Labute approximate surface area is 366 Å². The fourth-order valence-corrected chi connectivity index (χ4v) is 6.99. The van der Waals surface area contributed by atoms with Gasteiger partial charge in [0.1, 0.15) is 0 Å². The zero-order chi connectivity index (χ0) is 42.1. The molecular weight excluding hydrogens is 842 g/mol. The van der Waals surface area contributed by atoms with E-state index in [2.05, 4.69) is 15.3 Å². The number of carbonyl (C=O) groups is 2. The van der Waals surface area contributed by atoms with Crippen molar-refractivity contribution < 1.29 is 9.59 Å². The number of hydrogen-bond acceptors (Lipinski definition) is 7. The second kappa shape index (κ2) is 20.7. The number of nitrogens with two attached hydrogens (primary N) is 1. The molecular formula is C46H38Cl4N6O4. The van der Waals surface area contributed by atoms with Gasteiger partial charge in [-0.1, -0.05) is 83.9 Å². The summed E-state index contributed by atoms with van der Waals surface area (Å²) in [6.45, 7) is 3.71. The summed E-state index contributed by atoms with van der Waals surface area (Å²) in [5, 5.41) is 5.86. The van der Waals surface area contributed by atoms with Crippen LogP contribution >= 0.6 is 47.2 Å². The summed E-state index contributed by atoms with van der Waals surface area (Å²) >= 11 is 17.7. The first-order valence-corrected chi connectivity index (χ1v) is 19.4. The maximum atomic E-state index is 13.4. The summed E-state index contributed by atoms with van der Waals surface area (Å²) in [5.74, 6) is -0.260. The van der Waals surface area contributed by atoms with Gasteiger partial charge in [0, 0.05) is 53.6 Å². The second-order valence-electron chi connectivity index (χ2n) is 13.2. The number of carbonyl (C=O) groups excluding carboxylic acids is 2. The van der Waals surface area contributed by atoms with Crippen LogP contribution in [0.4, 0.5) is 0 Å². The van der Waals surface area contributed by atoms with E-state index < -0.39 is 11.3 Å². The second-order valence-corrected chi connectivity index (χ2v) is 14.4. The summed E-state index contributed by atoms with van der Waals surface area (Å²) in [5.41, 5.74) is 9.49. The molecule has 0 saturated carbocycles. The van der Waals surface area contributed by atoms with Crippen molar-refractivity contribution in [3.05, 3.63) is 212 Å². The van der Waals surface area contributed by atoms with Crippen LogP contribution in [0.5, 0.6) is 0 Å². The highest BCUT2D eigenvalue weighted by Crippen LogP contribution is 2.27. The van der Waals surface area contributed by atoms with Crippen LogP contribution in [0.15, 0.2) is 168 Å². The molecule has 4 heterocycles. The lowest BCUT2D eigenvalue weighted by Gasteiger charge is -2.21. The summed E-state index contributed by atoms with van der Waals surface area (Å²) in [6, 6.07) is 39.4. The first-order valence-electron chi connectivity index (χ1n) is 18.3. The molecule has 0 aliphatic rings. The third kappa shape index (κ3) is 10.3. The minimum Gasteiger partial charge on any atom is -0.344 e. The molecule has 10 nitrogen and oxygen atoms in total. The summed E-state index contributed by atoms with van der Waals surface area (Å²) in [6.07, 6.45) is 6.13. The van der Waals surface area contributed by atoms with E-state index in [1.165, 1.54) is 12.4 Å². The van der Waals surface area contributed by atoms with Gasteiger partial charge in [0.05, 0.1) is 38.0 Å². The largest absolute Gasteiger partial charge is 0.344 e. The topological polar surface area (TPSA) is 142 Å². The van der Waals surface area contributed by atoms with E-state index in [1.54, 1.807) is 64.0 Å². The van der Waals surface area contributed by atoms with Crippen molar-refractivity contribution in [1.82, 2.24) is 24.4 Å². The third-order valence-electron chi connectivity index (χ3n) is 9.15. The molecule has 8 aromatic rings. The zero-order valence-electron chi connectivity index (χ0n) is 32.2. The molecule has 304 valence electrons. The lowest BCUT2D eigenvalue weighted by atomic mass is 10.1. The van der Waals surface area contributed by atoms with E-state index in [1.807, 2.05) is 105 Å². The molecule has 0 spiro atoms. The number of amides is 1. The van der Waals surface area contributed by atoms with Crippen LogP contribution in [0.1, 0.15) is 58.0 Å². The highest BCUT2D eigenvalue weighted by atomic mass is 35.5. The van der Waals surface area contributed by atoms with Gasteiger partial charge in [-0.3, -0.25) is 38.3 Å². The molecule has 0 saturated heterocycles. The predicted molar refractivity (Wildman–Crippen MR) is 243 cm³/mol. The molecule has 0 aliphatic heterocycles. The molecule has 4 aromatic carbocycles. The first-order chi connectivity index (χ1) is 28.5. The minimum atomic E-state index is -0.469. The van der Waals surface area contributed by atoms with Gasteiger partial charge in [-0.05, 0) is 109 Å². The number of para-hydroxylation sites is 2. The van der Waals surface area contributed by atoms with Crippen molar-refractivity contribution in [3.63, 3.8) is 0 Å². The van der Waals surface area contributed by atoms with E-state index in [4.69, 9.17) is 40.5 Å². The molecule has 1 amide bonds. The van der Waals surface area contributed by atoms with E-state index in [-0.39, 0.29) is 35.5 Å². The van der Waals surface area contributed by atoms with Crippen LogP contribution in [-0.2, 0) is 0 Å². The average molecular weight is 881 g/mol. The van der Waals surface area contributed by atoms with E-state index in [9.17, 15) is 19.2 Å². The number of halogens is 4. The molecule has 60 heavy (non-hydrogen) atoms. The van der Waals surface area contributed by atoms with Crippen molar-refractivity contribution in [2.24, 2.45) is 5.73 Å². The highest BCUT2D eigenvalue weighted by molar-refractivity contribution is 6.67. The Kier molecular flexibility index (Phi) is 15.5. The Bertz CT molecular complexity index is 2860. The van der Waals surface area contributed by atoms with Crippen LogP contribution in [-0.4, -0.2) is 30.3 Å². The van der Waals surface area contributed by atoms with Gasteiger partial charge in [-0.25, -0.2) is 0 Å². The molecule has 0 bridgehead atoms. The molecule has 8 rings (SSSR count). The van der Waals surface area contributed by atoms with Crippen molar-refractivity contribution in [2.75, 3.05) is 0 Å². The van der Waals surface area contributed by atoms with Crippen LogP contribution < -0.4 is 22.2 Å². The number of rotatable bonds is 7. The van der Waals surface area contributed by atoms with Crippen molar-refractivity contribution >= 4 is 79.9 Å². The minimum absolute atomic E-state index is 0. The number of nitrogens with one attached hydrogen (secondary N) is 1. The Morgan fingerprint density at radius 2 is 1.07 bits per heavy atom. The SMILES string of the molecule is C[C@H](N)c1cc2cccc(Cl)c2c(=O)n1-c1ccccc1.C[C@H](NC(=O)c1cccnc1)c1cc2cccc(Cl)c2c(=O)n1-c1ccccc1.Cl.O=C(Cl)c1cccnc1. The van der Waals surface area contributed by atoms with Crippen molar-refractivity contribution in [1.29, 1.82) is 0 Å². The quantitative estimate of drug-likeness (QED) is 0.152. The van der Waals surface area contributed by atoms with Crippen molar-refractivity contribution in [2.45, 2.75) is 25.9 Å². The van der Waals surface area contributed by atoms with Crippen LogP contribution in [0.25, 0.3) is 32.9 Å². The number of benzene rings is 4. The fraction of sp³-hybridized carbons (Fsp3) is 0.0870. The van der Waals surface area contributed by atoms with Gasteiger partial charge in [0.15, 0.2) is 0 Å². The summed E-state index contributed by atoms with van der Waals surface area (Å²) in [4.78, 5) is 57.0. The fourth-order valence-electron chi connectivity index (χ4n) is 6.35. The molecule has 4 aromatic heterocycles. The lowest BCUT2D eigenvalue weighted by Crippen LogP contribution is -2.32. The van der Waals surface area contributed by atoms with Gasteiger partial charge in [-0.2, -0.15) is 0 Å². The molecule has 0 unspecified atom stereocenters. The number of nitrogens with zero attached hydrogens (tertiary/aromatic N) is 4. The van der Waals surface area contributed by atoms with Gasteiger partial charge >= 0.3 is 0 Å². The Morgan fingerprint density at radius 3 is 1.48 bits per heavy atom. The van der Waals surface area contributed by atoms with Crippen LogP contribution in [0, 0.1) is 0 Å². The summed E-state index contributed by atoms with van der Waals surface area (Å²) in [7, 11) is 0. The van der Waals surface area contributed by atoms with Gasteiger partial charge in [0.25, 0.3) is 22.3 Å². The Balaban J connectivity index is 0.000000192. The predicted octanol–water partition coefficient (Wildman–Crippen LogP) is 10.1. The number of pyridine rings is 4. The third-order valence-corrected chi connectivity index (χ3v) is 10.00. The molecule has 0 aliphatic carbocycles. The molecule has 3 N–H and O–H groups in total. The van der Waals surface area contributed by atoms with Gasteiger partial charge < -0.3 is 11.1 Å². The monoisotopic (exact) mass is 878 g/mol. The number of fused-ring (bicyclic) bond motifs is 2.